The lowest BCUT2D eigenvalue weighted by atomic mass is 9.96. The molecule has 1 aromatic heterocycles. The third-order valence-electron chi connectivity index (χ3n) is 4.34. The first-order chi connectivity index (χ1) is 9.99. The Balaban J connectivity index is 2.11. The third kappa shape index (κ3) is 2.54. The fourth-order valence-corrected chi connectivity index (χ4v) is 3.02. The minimum atomic E-state index is -0.358. The Morgan fingerprint density at radius 3 is 2.33 bits per heavy atom. The molecule has 1 atom stereocenters. The van der Waals surface area contributed by atoms with E-state index >= 15 is 0 Å². The minimum absolute atomic E-state index is 0.0862. The lowest BCUT2D eigenvalue weighted by Crippen LogP contribution is -2.31. The molecule has 1 heterocycles. The Morgan fingerprint density at radius 1 is 1.14 bits per heavy atom. The van der Waals surface area contributed by atoms with Crippen molar-refractivity contribution < 1.29 is 0 Å². The van der Waals surface area contributed by atoms with Gasteiger partial charge in [-0.1, -0.05) is 29.8 Å². The second-order valence-electron chi connectivity index (χ2n) is 6.18. The van der Waals surface area contributed by atoms with E-state index in [1.54, 1.807) is 0 Å². The van der Waals surface area contributed by atoms with Crippen LogP contribution in [0.3, 0.4) is 0 Å². The second-order valence-corrected chi connectivity index (χ2v) is 6.18. The Morgan fingerprint density at radius 2 is 1.76 bits per heavy atom. The van der Waals surface area contributed by atoms with Crippen LogP contribution in [0.25, 0.3) is 0 Å². The van der Waals surface area contributed by atoms with Gasteiger partial charge in [-0.2, -0.15) is 0 Å². The van der Waals surface area contributed by atoms with Gasteiger partial charge < -0.3 is 10.3 Å². The number of aromatic nitrogens is 1. The molecular weight excluding hydrogens is 260 g/mol. The van der Waals surface area contributed by atoms with Crippen molar-refractivity contribution in [3.8, 4) is 0 Å². The van der Waals surface area contributed by atoms with E-state index in [1.807, 2.05) is 49.6 Å². The van der Waals surface area contributed by atoms with Gasteiger partial charge in [0.2, 0.25) is 0 Å². The normalized spacial score (nSPS) is 16.0. The maximum absolute atomic E-state index is 12.9. The number of aryl methyl sites for hydroxylation is 3. The van der Waals surface area contributed by atoms with Crippen molar-refractivity contribution in [3.63, 3.8) is 0 Å². The van der Waals surface area contributed by atoms with E-state index in [-0.39, 0.29) is 11.6 Å². The lowest BCUT2D eigenvalue weighted by Gasteiger charge is -2.19. The largest absolute Gasteiger partial charge is 0.320 e. The molecule has 0 bridgehead atoms. The fraction of sp³-hybridized carbons (Fsp3) is 0.389. The number of nitrogens with zero attached hydrogens (tertiary/aromatic N) is 1. The van der Waals surface area contributed by atoms with Gasteiger partial charge in [0.15, 0.2) is 0 Å². The zero-order valence-corrected chi connectivity index (χ0v) is 12.9. The van der Waals surface area contributed by atoms with Gasteiger partial charge in [0.05, 0.1) is 6.04 Å². The van der Waals surface area contributed by atoms with E-state index in [0.717, 1.165) is 35.2 Å². The molecule has 3 heteroatoms. The number of benzene rings is 1. The second kappa shape index (κ2) is 5.15. The Kier molecular flexibility index (Phi) is 3.46. The van der Waals surface area contributed by atoms with Crippen molar-refractivity contribution in [2.24, 2.45) is 5.73 Å². The number of pyridine rings is 1. The van der Waals surface area contributed by atoms with Crippen LogP contribution in [0.2, 0.25) is 0 Å². The molecule has 21 heavy (non-hydrogen) atoms. The molecule has 0 aliphatic heterocycles. The van der Waals surface area contributed by atoms with E-state index in [4.69, 9.17) is 5.73 Å². The van der Waals surface area contributed by atoms with Crippen LogP contribution in [-0.2, 0) is 0 Å². The van der Waals surface area contributed by atoms with Crippen LogP contribution in [0, 0.1) is 20.8 Å². The van der Waals surface area contributed by atoms with Crippen molar-refractivity contribution in [2.45, 2.75) is 45.7 Å². The number of rotatable bonds is 3. The molecule has 1 unspecified atom stereocenters. The first-order valence-corrected chi connectivity index (χ1v) is 7.54. The van der Waals surface area contributed by atoms with Crippen LogP contribution in [0.15, 0.2) is 35.1 Å². The van der Waals surface area contributed by atoms with Gasteiger partial charge in [0.25, 0.3) is 5.56 Å². The lowest BCUT2D eigenvalue weighted by molar-refractivity contribution is 0.659. The summed E-state index contributed by atoms with van der Waals surface area (Å²) in [6.45, 7) is 6.04. The summed E-state index contributed by atoms with van der Waals surface area (Å²) in [7, 11) is 0. The van der Waals surface area contributed by atoms with Crippen molar-refractivity contribution in [1.29, 1.82) is 0 Å². The average molecular weight is 282 g/mol. The first-order valence-electron chi connectivity index (χ1n) is 7.54. The highest BCUT2D eigenvalue weighted by molar-refractivity contribution is 5.37. The summed E-state index contributed by atoms with van der Waals surface area (Å²) in [6.07, 6.45) is 2.20. The van der Waals surface area contributed by atoms with Crippen LogP contribution >= 0.6 is 0 Å². The molecular formula is C18H22N2O. The van der Waals surface area contributed by atoms with Gasteiger partial charge >= 0.3 is 0 Å². The molecule has 2 N–H and O–H groups in total. The van der Waals surface area contributed by atoms with E-state index < -0.39 is 0 Å². The smallest absolute Gasteiger partial charge is 0.256 e. The highest BCUT2D eigenvalue weighted by Gasteiger charge is 2.28. The molecule has 0 saturated heterocycles. The molecule has 1 fully saturated rings. The molecule has 0 spiro atoms. The highest BCUT2D eigenvalue weighted by Crippen LogP contribution is 2.35. The minimum Gasteiger partial charge on any atom is -0.320 e. The summed E-state index contributed by atoms with van der Waals surface area (Å²) < 4.78 is 1.93. The molecule has 1 aromatic carbocycles. The van der Waals surface area contributed by atoms with Gasteiger partial charge in [0.1, 0.15) is 0 Å². The van der Waals surface area contributed by atoms with Gasteiger partial charge in [0, 0.05) is 17.3 Å². The number of hydrogen-bond acceptors (Lipinski definition) is 2. The zero-order valence-electron chi connectivity index (χ0n) is 12.9. The summed E-state index contributed by atoms with van der Waals surface area (Å²) in [5, 5.41) is 0. The molecule has 1 aliphatic rings. The van der Waals surface area contributed by atoms with Crippen LogP contribution in [0.5, 0.6) is 0 Å². The van der Waals surface area contributed by atoms with Gasteiger partial charge in [-0.25, -0.2) is 0 Å². The predicted molar refractivity (Wildman–Crippen MR) is 85.7 cm³/mol. The summed E-state index contributed by atoms with van der Waals surface area (Å²) in [4.78, 5) is 12.9. The van der Waals surface area contributed by atoms with Gasteiger partial charge in [-0.05, 0) is 50.8 Å². The first kappa shape index (κ1) is 14.1. The SMILES string of the molecule is Cc1ccc(C(N)c2c(C)cc(C)n(C3CC3)c2=O)cc1. The maximum Gasteiger partial charge on any atom is 0.256 e. The van der Waals surface area contributed by atoms with Crippen molar-refractivity contribution in [3.05, 3.63) is 68.6 Å². The molecule has 3 nitrogen and oxygen atoms in total. The third-order valence-corrected chi connectivity index (χ3v) is 4.34. The van der Waals surface area contributed by atoms with E-state index in [9.17, 15) is 4.79 Å². The van der Waals surface area contributed by atoms with Gasteiger partial charge in [-0.15, -0.1) is 0 Å². The topological polar surface area (TPSA) is 48.0 Å². The maximum atomic E-state index is 12.9. The quantitative estimate of drug-likeness (QED) is 0.940. The molecule has 0 radical (unpaired) electrons. The van der Waals surface area contributed by atoms with Crippen molar-refractivity contribution in [1.82, 2.24) is 4.57 Å². The average Bonchev–Trinajstić information content (AvgIpc) is 3.23. The Bertz CT molecular complexity index is 724. The molecule has 1 aliphatic carbocycles. The van der Waals surface area contributed by atoms with E-state index in [0.29, 0.717) is 6.04 Å². The van der Waals surface area contributed by atoms with E-state index in [1.165, 1.54) is 5.56 Å². The summed E-state index contributed by atoms with van der Waals surface area (Å²) in [5.74, 6) is 0. The standard InChI is InChI=1S/C18H22N2O/c1-11-4-6-14(7-5-11)17(19)16-12(2)10-13(3)20(18(16)21)15-8-9-15/h4-7,10,15,17H,8-9,19H2,1-3H3. The molecule has 0 amide bonds. The van der Waals surface area contributed by atoms with Crippen LogP contribution < -0.4 is 11.3 Å². The molecule has 3 rings (SSSR count). The summed E-state index contributed by atoms with van der Waals surface area (Å²) in [6, 6.07) is 10.2. The van der Waals surface area contributed by atoms with Crippen LogP contribution in [0.1, 0.15) is 52.9 Å². The Hall–Kier alpha value is -1.87. The summed E-state index contributed by atoms with van der Waals surface area (Å²) >= 11 is 0. The van der Waals surface area contributed by atoms with Crippen molar-refractivity contribution >= 4 is 0 Å². The van der Waals surface area contributed by atoms with Crippen LogP contribution in [0.4, 0.5) is 0 Å². The van der Waals surface area contributed by atoms with Crippen LogP contribution in [-0.4, -0.2) is 4.57 Å². The fourth-order valence-electron chi connectivity index (χ4n) is 3.02. The highest BCUT2D eigenvalue weighted by atomic mass is 16.1. The van der Waals surface area contributed by atoms with Gasteiger partial charge in [-0.3, -0.25) is 4.79 Å². The summed E-state index contributed by atoms with van der Waals surface area (Å²) in [5.41, 5.74) is 11.4. The molecule has 110 valence electrons. The van der Waals surface area contributed by atoms with Crippen molar-refractivity contribution in [2.75, 3.05) is 0 Å². The monoisotopic (exact) mass is 282 g/mol. The molecule has 1 saturated carbocycles. The number of nitrogens with two attached hydrogens (primary N) is 1. The Labute approximate surface area is 125 Å². The number of hydrogen-bond donors (Lipinski definition) is 1. The zero-order chi connectivity index (χ0) is 15.1. The molecule has 2 aromatic rings. The predicted octanol–water partition coefficient (Wildman–Crippen LogP) is 3.16. The van der Waals surface area contributed by atoms with E-state index in [2.05, 4.69) is 6.07 Å².